The van der Waals surface area contributed by atoms with Crippen molar-refractivity contribution in [3.8, 4) is 0 Å². The molecule has 1 atom stereocenters. The summed E-state index contributed by atoms with van der Waals surface area (Å²) in [5, 5.41) is 18.9. The molecule has 23 heavy (non-hydrogen) atoms. The van der Waals surface area contributed by atoms with Crippen LogP contribution in [-0.2, 0) is 6.54 Å². The summed E-state index contributed by atoms with van der Waals surface area (Å²) in [7, 11) is 0. The van der Waals surface area contributed by atoms with Gasteiger partial charge in [0.2, 0.25) is 0 Å². The zero-order chi connectivity index (χ0) is 16.2. The number of nitrogens with one attached hydrogen (secondary N) is 1. The molecule has 3 N–H and O–H groups in total. The van der Waals surface area contributed by atoms with E-state index in [1.807, 2.05) is 36.4 Å². The van der Waals surface area contributed by atoms with E-state index in [1.165, 1.54) is 0 Å². The molecule has 1 aliphatic heterocycles. The summed E-state index contributed by atoms with van der Waals surface area (Å²) in [6.07, 6.45) is 1.29. The van der Waals surface area contributed by atoms with Gasteiger partial charge in [0.15, 0.2) is 0 Å². The van der Waals surface area contributed by atoms with Crippen molar-refractivity contribution in [2.75, 3.05) is 11.4 Å². The zero-order valence-corrected chi connectivity index (χ0v) is 12.8. The van der Waals surface area contributed by atoms with Gasteiger partial charge in [-0.05, 0) is 36.6 Å². The fourth-order valence-corrected chi connectivity index (χ4v) is 3.02. The molecule has 1 amide bonds. The van der Waals surface area contributed by atoms with Crippen LogP contribution in [0, 0.1) is 0 Å². The van der Waals surface area contributed by atoms with Crippen molar-refractivity contribution in [3.05, 3.63) is 65.2 Å². The third kappa shape index (κ3) is 3.36. The number of amides is 1. The van der Waals surface area contributed by atoms with Gasteiger partial charge in [0.25, 0.3) is 5.91 Å². The number of benzene rings is 2. The lowest BCUT2D eigenvalue weighted by molar-refractivity contribution is 0.0706. The number of carbonyl (C=O) groups is 1. The third-order valence-corrected chi connectivity index (χ3v) is 4.23. The Hall–Kier alpha value is -2.37. The first-order chi connectivity index (χ1) is 11.2. The zero-order valence-electron chi connectivity index (χ0n) is 12.8. The number of hydroxylamine groups is 1. The Bertz CT molecular complexity index is 685. The number of fused-ring (bicyclic) bond motifs is 1. The van der Waals surface area contributed by atoms with Crippen LogP contribution >= 0.6 is 0 Å². The van der Waals surface area contributed by atoms with Gasteiger partial charge in [-0.15, -0.1) is 0 Å². The molecule has 3 rings (SSSR count). The molecular formula is C18H20N2O3. The molecular weight excluding hydrogens is 292 g/mol. The van der Waals surface area contributed by atoms with Crippen LogP contribution in [0.2, 0.25) is 0 Å². The number of rotatable bonds is 3. The summed E-state index contributed by atoms with van der Waals surface area (Å²) in [5.74, 6) is -0.514. The van der Waals surface area contributed by atoms with Gasteiger partial charge in [0.05, 0.1) is 6.10 Å². The fraction of sp³-hybridized carbons (Fsp3) is 0.278. The van der Waals surface area contributed by atoms with Gasteiger partial charge in [0.1, 0.15) is 0 Å². The van der Waals surface area contributed by atoms with Crippen LogP contribution in [0.25, 0.3) is 0 Å². The smallest absolute Gasteiger partial charge is 0.274 e. The molecule has 120 valence electrons. The summed E-state index contributed by atoms with van der Waals surface area (Å²) in [5.41, 5.74) is 5.16. The van der Waals surface area contributed by atoms with Crippen molar-refractivity contribution in [1.29, 1.82) is 0 Å². The molecule has 0 aromatic heterocycles. The Kier molecular flexibility index (Phi) is 4.60. The van der Waals surface area contributed by atoms with Crippen LogP contribution in [0.4, 0.5) is 5.69 Å². The Morgan fingerprint density at radius 1 is 1.17 bits per heavy atom. The average Bonchev–Trinajstić information content (AvgIpc) is 2.75. The summed E-state index contributed by atoms with van der Waals surface area (Å²) in [6, 6.07) is 15.1. The van der Waals surface area contributed by atoms with E-state index < -0.39 is 12.0 Å². The van der Waals surface area contributed by atoms with Gasteiger partial charge in [-0.25, -0.2) is 5.48 Å². The number of carbonyl (C=O) groups excluding carboxylic acids is 1. The van der Waals surface area contributed by atoms with Gasteiger partial charge >= 0.3 is 0 Å². The van der Waals surface area contributed by atoms with Gasteiger partial charge < -0.3 is 10.0 Å². The van der Waals surface area contributed by atoms with Crippen molar-refractivity contribution in [3.63, 3.8) is 0 Å². The first-order valence-corrected chi connectivity index (χ1v) is 7.74. The predicted octanol–water partition coefficient (Wildman–Crippen LogP) is 2.64. The molecule has 0 radical (unpaired) electrons. The number of anilines is 1. The second kappa shape index (κ2) is 6.81. The van der Waals surface area contributed by atoms with E-state index >= 15 is 0 Å². The maximum absolute atomic E-state index is 11.4. The lowest BCUT2D eigenvalue weighted by Gasteiger charge is -2.25. The molecule has 0 fully saturated rings. The maximum Gasteiger partial charge on any atom is 0.274 e. The summed E-state index contributed by atoms with van der Waals surface area (Å²) >= 11 is 0. The number of hydrogen-bond acceptors (Lipinski definition) is 4. The van der Waals surface area contributed by atoms with Crippen LogP contribution in [-0.4, -0.2) is 22.8 Å². The summed E-state index contributed by atoms with van der Waals surface area (Å²) in [4.78, 5) is 13.6. The molecule has 0 saturated carbocycles. The second-order valence-corrected chi connectivity index (χ2v) is 5.78. The minimum absolute atomic E-state index is 0.410. The monoisotopic (exact) mass is 312 g/mol. The average molecular weight is 312 g/mol. The van der Waals surface area contributed by atoms with Crippen LogP contribution in [0.3, 0.4) is 0 Å². The van der Waals surface area contributed by atoms with Gasteiger partial charge in [0, 0.05) is 29.9 Å². The molecule has 1 aliphatic rings. The maximum atomic E-state index is 11.4. The molecule has 2 aromatic carbocycles. The highest BCUT2D eigenvalue weighted by Gasteiger charge is 2.20. The van der Waals surface area contributed by atoms with Crippen LogP contribution < -0.4 is 10.4 Å². The lowest BCUT2D eigenvalue weighted by atomic mass is 10.0. The molecule has 0 bridgehead atoms. The van der Waals surface area contributed by atoms with Crippen molar-refractivity contribution in [2.45, 2.75) is 25.5 Å². The molecule has 0 saturated heterocycles. The molecule has 5 nitrogen and oxygen atoms in total. The number of nitrogens with zero attached hydrogens (tertiary/aromatic N) is 1. The highest BCUT2D eigenvalue weighted by Crippen LogP contribution is 2.33. The van der Waals surface area contributed by atoms with Crippen molar-refractivity contribution < 1.29 is 15.1 Å². The van der Waals surface area contributed by atoms with Gasteiger partial charge in [-0.3, -0.25) is 10.0 Å². The van der Waals surface area contributed by atoms with Crippen LogP contribution in [0.15, 0.2) is 48.5 Å². The lowest BCUT2D eigenvalue weighted by Crippen LogP contribution is -2.23. The van der Waals surface area contributed by atoms with E-state index in [4.69, 9.17) is 5.21 Å². The topological polar surface area (TPSA) is 72.8 Å². The van der Waals surface area contributed by atoms with Gasteiger partial charge in [-0.2, -0.15) is 0 Å². The molecule has 2 aromatic rings. The standard InChI is InChI=1S/C18H20N2O3/c21-17-6-3-11-20(16-5-2-1-4-15(16)17)12-13-7-9-14(10-8-13)18(22)19-23/h1-2,4-5,7-10,17,21,23H,3,6,11-12H2,(H,19,22). The highest BCUT2D eigenvalue weighted by atomic mass is 16.5. The molecule has 5 heteroatoms. The number of para-hydroxylation sites is 1. The largest absolute Gasteiger partial charge is 0.388 e. The molecule has 0 aliphatic carbocycles. The quantitative estimate of drug-likeness (QED) is 0.602. The highest BCUT2D eigenvalue weighted by molar-refractivity contribution is 5.93. The third-order valence-electron chi connectivity index (χ3n) is 4.23. The summed E-state index contributed by atoms with van der Waals surface area (Å²) < 4.78 is 0. The van der Waals surface area contributed by atoms with E-state index in [0.29, 0.717) is 12.1 Å². The Morgan fingerprint density at radius 2 is 1.91 bits per heavy atom. The Labute approximate surface area is 135 Å². The minimum Gasteiger partial charge on any atom is -0.388 e. The van der Waals surface area contributed by atoms with E-state index in [9.17, 15) is 9.90 Å². The molecule has 0 spiro atoms. The van der Waals surface area contributed by atoms with Crippen molar-refractivity contribution >= 4 is 11.6 Å². The Morgan fingerprint density at radius 3 is 2.65 bits per heavy atom. The molecule has 1 heterocycles. The minimum atomic E-state index is -0.514. The van der Waals surface area contributed by atoms with E-state index in [1.54, 1.807) is 17.6 Å². The van der Waals surface area contributed by atoms with Crippen molar-refractivity contribution in [2.24, 2.45) is 0 Å². The van der Waals surface area contributed by atoms with E-state index in [0.717, 1.165) is 36.2 Å². The van der Waals surface area contributed by atoms with Gasteiger partial charge in [-0.1, -0.05) is 30.3 Å². The normalized spacial score (nSPS) is 17.3. The fourth-order valence-electron chi connectivity index (χ4n) is 3.02. The number of aliphatic hydroxyl groups is 1. The molecule has 1 unspecified atom stereocenters. The van der Waals surface area contributed by atoms with Crippen LogP contribution in [0.1, 0.15) is 40.4 Å². The first-order valence-electron chi connectivity index (χ1n) is 7.74. The SMILES string of the molecule is O=C(NO)c1ccc(CN2CCCC(O)c3ccccc32)cc1. The second-order valence-electron chi connectivity index (χ2n) is 5.78. The Balaban J connectivity index is 1.82. The number of aliphatic hydroxyl groups excluding tert-OH is 1. The number of hydrogen-bond donors (Lipinski definition) is 3. The van der Waals surface area contributed by atoms with Crippen molar-refractivity contribution in [1.82, 2.24) is 5.48 Å². The summed E-state index contributed by atoms with van der Waals surface area (Å²) in [6.45, 7) is 1.59. The van der Waals surface area contributed by atoms with E-state index in [2.05, 4.69) is 4.90 Å². The first kappa shape index (κ1) is 15.5. The predicted molar refractivity (Wildman–Crippen MR) is 87.4 cm³/mol. The van der Waals surface area contributed by atoms with Crippen LogP contribution in [0.5, 0.6) is 0 Å². The van der Waals surface area contributed by atoms with E-state index in [-0.39, 0.29) is 0 Å².